The van der Waals surface area contributed by atoms with Crippen LogP contribution in [0.25, 0.3) is 0 Å². The van der Waals surface area contributed by atoms with Crippen molar-refractivity contribution in [2.45, 2.75) is 18.5 Å². The first kappa shape index (κ1) is 13.7. The lowest BCUT2D eigenvalue weighted by Gasteiger charge is -2.11. The van der Waals surface area contributed by atoms with Crippen molar-refractivity contribution in [2.24, 2.45) is 0 Å². The summed E-state index contributed by atoms with van der Waals surface area (Å²) in [6.45, 7) is 2.15. The van der Waals surface area contributed by atoms with Gasteiger partial charge < -0.3 is 10.6 Å². The lowest BCUT2D eigenvalue weighted by Crippen LogP contribution is -2.02. The van der Waals surface area contributed by atoms with Crippen LogP contribution in [0.4, 0.5) is 17.3 Å². The summed E-state index contributed by atoms with van der Waals surface area (Å²) in [6, 6.07) is 10.2. The maximum Gasteiger partial charge on any atom is 0.191 e. The van der Waals surface area contributed by atoms with Gasteiger partial charge in [-0.05, 0) is 24.3 Å². The summed E-state index contributed by atoms with van der Waals surface area (Å²) < 4.78 is 0. The molecule has 2 rings (SSSR count). The van der Waals surface area contributed by atoms with E-state index >= 15 is 0 Å². The van der Waals surface area contributed by atoms with Crippen molar-refractivity contribution >= 4 is 29.1 Å². The summed E-state index contributed by atoms with van der Waals surface area (Å²) >= 11 is 1.53. The van der Waals surface area contributed by atoms with Gasteiger partial charge in [0.1, 0.15) is 11.6 Å². The summed E-state index contributed by atoms with van der Waals surface area (Å²) in [5, 5.41) is 7.17. The minimum atomic E-state index is 0.753. The monoisotopic (exact) mass is 274 g/mol. The summed E-state index contributed by atoms with van der Waals surface area (Å²) in [5.74, 6) is 1.63. The number of nitrogens with zero attached hydrogens (tertiary/aromatic N) is 2. The van der Waals surface area contributed by atoms with Crippen molar-refractivity contribution in [3.63, 3.8) is 0 Å². The Morgan fingerprint density at radius 1 is 1.16 bits per heavy atom. The molecule has 1 heterocycles. The van der Waals surface area contributed by atoms with Gasteiger partial charge >= 0.3 is 0 Å². The number of para-hydroxylation sites is 1. The number of aromatic nitrogens is 2. The van der Waals surface area contributed by atoms with Crippen LogP contribution < -0.4 is 10.6 Å². The van der Waals surface area contributed by atoms with Gasteiger partial charge in [-0.1, -0.05) is 36.9 Å². The fourth-order valence-electron chi connectivity index (χ4n) is 1.80. The highest BCUT2D eigenvalue weighted by Crippen LogP contribution is 2.23. The molecule has 0 aliphatic heterocycles. The van der Waals surface area contributed by atoms with Gasteiger partial charge in [0.25, 0.3) is 0 Å². The average Bonchev–Trinajstić information content (AvgIpc) is 2.47. The van der Waals surface area contributed by atoms with Crippen LogP contribution in [0.1, 0.15) is 12.5 Å². The zero-order valence-electron chi connectivity index (χ0n) is 11.4. The molecule has 0 saturated heterocycles. The lowest BCUT2D eigenvalue weighted by molar-refractivity contribution is 0.976. The van der Waals surface area contributed by atoms with Crippen molar-refractivity contribution in [1.82, 2.24) is 9.97 Å². The molecular weight excluding hydrogens is 256 g/mol. The first-order chi connectivity index (χ1) is 9.26. The number of benzene rings is 1. The molecule has 5 heteroatoms. The highest BCUT2D eigenvalue weighted by molar-refractivity contribution is 7.98. The van der Waals surface area contributed by atoms with Crippen LogP contribution in [-0.4, -0.2) is 23.3 Å². The number of thioether (sulfide) groups is 1. The molecule has 0 radical (unpaired) electrons. The SMILES string of the molecule is CCc1ccccc1Nc1cc(NC)nc(SC)n1. The van der Waals surface area contributed by atoms with E-state index in [9.17, 15) is 0 Å². The molecule has 2 aromatic rings. The molecule has 0 unspecified atom stereocenters. The largest absolute Gasteiger partial charge is 0.373 e. The van der Waals surface area contributed by atoms with Gasteiger partial charge in [0.2, 0.25) is 0 Å². The van der Waals surface area contributed by atoms with Crippen LogP contribution in [0.2, 0.25) is 0 Å². The predicted molar refractivity (Wildman–Crippen MR) is 82.5 cm³/mol. The van der Waals surface area contributed by atoms with E-state index in [1.54, 1.807) is 0 Å². The highest BCUT2D eigenvalue weighted by atomic mass is 32.2. The number of rotatable bonds is 5. The van der Waals surface area contributed by atoms with Crippen molar-refractivity contribution in [1.29, 1.82) is 0 Å². The molecule has 0 atom stereocenters. The fraction of sp³-hybridized carbons (Fsp3) is 0.286. The molecule has 0 saturated carbocycles. The van der Waals surface area contributed by atoms with Crippen LogP contribution in [0.3, 0.4) is 0 Å². The first-order valence-electron chi connectivity index (χ1n) is 6.22. The smallest absolute Gasteiger partial charge is 0.191 e. The molecule has 100 valence electrons. The molecule has 0 spiro atoms. The van der Waals surface area contributed by atoms with Gasteiger partial charge in [0.05, 0.1) is 0 Å². The molecule has 4 nitrogen and oxygen atoms in total. The van der Waals surface area contributed by atoms with Crippen LogP contribution in [-0.2, 0) is 6.42 Å². The Labute approximate surface area is 118 Å². The topological polar surface area (TPSA) is 49.8 Å². The number of anilines is 3. The van der Waals surface area contributed by atoms with Gasteiger partial charge in [0, 0.05) is 18.8 Å². The Morgan fingerprint density at radius 3 is 2.58 bits per heavy atom. The zero-order valence-corrected chi connectivity index (χ0v) is 12.2. The van der Waals surface area contributed by atoms with Crippen LogP contribution in [0.15, 0.2) is 35.5 Å². The van der Waals surface area contributed by atoms with Crippen molar-refractivity contribution < 1.29 is 0 Å². The second-order valence-corrected chi connectivity index (χ2v) is 4.78. The zero-order chi connectivity index (χ0) is 13.7. The second-order valence-electron chi connectivity index (χ2n) is 4.01. The second kappa shape index (κ2) is 6.43. The quantitative estimate of drug-likeness (QED) is 0.645. The van der Waals surface area contributed by atoms with Crippen molar-refractivity contribution in [3.8, 4) is 0 Å². The maximum absolute atomic E-state index is 4.47. The van der Waals surface area contributed by atoms with Crippen LogP contribution >= 0.6 is 11.8 Å². The number of hydrogen-bond acceptors (Lipinski definition) is 5. The molecule has 1 aromatic carbocycles. The predicted octanol–water partition coefficient (Wildman–Crippen LogP) is 3.55. The van der Waals surface area contributed by atoms with Gasteiger partial charge in [-0.25, -0.2) is 9.97 Å². The third-order valence-electron chi connectivity index (χ3n) is 2.81. The van der Waals surface area contributed by atoms with E-state index < -0.39 is 0 Å². The van der Waals surface area contributed by atoms with Gasteiger partial charge in [0.15, 0.2) is 5.16 Å². The van der Waals surface area contributed by atoms with E-state index in [-0.39, 0.29) is 0 Å². The summed E-state index contributed by atoms with van der Waals surface area (Å²) in [5.41, 5.74) is 2.37. The minimum Gasteiger partial charge on any atom is -0.373 e. The molecule has 0 fully saturated rings. The summed E-state index contributed by atoms with van der Waals surface area (Å²) in [4.78, 5) is 8.83. The van der Waals surface area contributed by atoms with Gasteiger partial charge in [-0.15, -0.1) is 0 Å². The molecular formula is C14H18N4S. The standard InChI is InChI=1S/C14H18N4S/c1-4-10-7-5-6-8-11(10)16-13-9-12(15-2)17-14(18-13)19-3/h5-9H,4H2,1-3H3,(H2,15,16,17,18). The molecule has 0 aliphatic rings. The van der Waals surface area contributed by atoms with Crippen LogP contribution in [0, 0.1) is 0 Å². The normalized spacial score (nSPS) is 10.3. The number of nitrogens with one attached hydrogen (secondary N) is 2. The Balaban J connectivity index is 2.32. The summed E-state index contributed by atoms with van der Waals surface area (Å²) in [7, 11) is 1.86. The molecule has 2 N–H and O–H groups in total. The van der Waals surface area contributed by atoms with E-state index in [4.69, 9.17) is 0 Å². The molecule has 1 aromatic heterocycles. The first-order valence-corrected chi connectivity index (χ1v) is 7.45. The molecule has 0 amide bonds. The Kier molecular flexibility index (Phi) is 4.63. The van der Waals surface area contributed by atoms with E-state index in [1.165, 1.54) is 17.3 Å². The average molecular weight is 274 g/mol. The highest BCUT2D eigenvalue weighted by Gasteiger charge is 2.05. The molecule has 19 heavy (non-hydrogen) atoms. The molecule has 0 aliphatic carbocycles. The molecule has 0 bridgehead atoms. The van der Waals surface area contributed by atoms with Crippen molar-refractivity contribution in [2.75, 3.05) is 23.9 Å². The Bertz CT molecular complexity index is 535. The van der Waals surface area contributed by atoms with Crippen molar-refractivity contribution in [3.05, 3.63) is 35.9 Å². The third kappa shape index (κ3) is 3.38. The Hall–Kier alpha value is -1.75. The van der Waals surface area contributed by atoms with Gasteiger partial charge in [-0.2, -0.15) is 0 Å². The Morgan fingerprint density at radius 2 is 1.89 bits per heavy atom. The minimum absolute atomic E-state index is 0.753. The van der Waals surface area contributed by atoms with E-state index in [0.717, 1.165) is 28.9 Å². The fourth-order valence-corrected chi connectivity index (χ4v) is 2.18. The summed E-state index contributed by atoms with van der Waals surface area (Å²) in [6.07, 6.45) is 2.96. The van der Waals surface area contributed by atoms with E-state index in [2.05, 4.69) is 45.7 Å². The third-order valence-corrected chi connectivity index (χ3v) is 3.35. The van der Waals surface area contributed by atoms with Gasteiger partial charge in [-0.3, -0.25) is 0 Å². The van der Waals surface area contributed by atoms with E-state index in [1.807, 2.05) is 25.4 Å². The van der Waals surface area contributed by atoms with E-state index in [0.29, 0.717) is 0 Å². The number of hydrogen-bond donors (Lipinski definition) is 2. The number of aryl methyl sites for hydroxylation is 1. The maximum atomic E-state index is 4.47. The van der Waals surface area contributed by atoms with Crippen LogP contribution in [0.5, 0.6) is 0 Å². The lowest BCUT2D eigenvalue weighted by atomic mass is 10.1.